The Balaban J connectivity index is 0.000000658. The van der Waals surface area contributed by atoms with Crippen LogP contribution in [0.3, 0.4) is 0 Å². The van der Waals surface area contributed by atoms with Crippen LogP contribution in [0, 0.1) is 5.41 Å². The third-order valence-corrected chi connectivity index (χ3v) is 10.9. The maximum absolute atomic E-state index is 12.2. The first kappa shape index (κ1) is 40.5. The van der Waals surface area contributed by atoms with Gasteiger partial charge in [0.15, 0.2) is 0 Å². The van der Waals surface area contributed by atoms with Gasteiger partial charge in [-0.05, 0) is 56.3 Å². The molecule has 47 heavy (non-hydrogen) atoms. The molecule has 0 saturated carbocycles. The predicted molar refractivity (Wildman–Crippen MR) is 166 cm³/mol. The minimum absolute atomic E-state index is 0.0178. The van der Waals surface area contributed by atoms with Crippen molar-refractivity contribution < 1.29 is 50.9 Å². The first-order chi connectivity index (χ1) is 22.0. The Morgan fingerprint density at radius 2 is 1.17 bits per heavy atom. The molecule has 1 unspecified atom stereocenters. The highest BCUT2D eigenvalue weighted by Gasteiger charge is 2.44. The molecule has 0 saturated heterocycles. The number of nitrogens with two attached hydrogens (primary N) is 1. The number of halogens is 6. The van der Waals surface area contributed by atoms with Gasteiger partial charge in [-0.1, -0.05) is 54.6 Å². The lowest BCUT2D eigenvalue weighted by molar-refractivity contribution is -0.344. The second kappa shape index (κ2) is 19.2. The number of benzene rings is 3. The summed E-state index contributed by atoms with van der Waals surface area (Å²) in [4.78, 5) is 29.9. The predicted octanol–water partition coefficient (Wildman–Crippen LogP) is 2.72. The van der Waals surface area contributed by atoms with Gasteiger partial charge in [0.1, 0.15) is 35.0 Å². The molecule has 0 heterocycles. The molecular weight excluding hydrogens is 653 g/mol. The lowest BCUT2D eigenvalue weighted by Gasteiger charge is -2.27. The van der Waals surface area contributed by atoms with Crippen LogP contribution >= 0.6 is 7.26 Å². The van der Waals surface area contributed by atoms with Crippen LogP contribution < -0.4 is 37.4 Å². The van der Waals surface area contributed by atoms with E-state index in [1.807, 2.05) is 0 Å². The van der Waals surface area contributed by atoms with Gasteiger partial charge in [-0.2, -0.15) is 26.3 Å². The average molecular weight is 689 g/mol. The number of carbonyl (C=O) groups is 3. The van der Waals surface area contributed by atoms with Crippen molar-refractivity contribution in [3.8, 4) is 0 Å². The average Bonchev–Trinajstić information content (AvgIpc) is 3.02. The van der Waals surface area contributed by atoms with Crippen LogP contribution in [-0.4, -0.2) is 66.9 Å². The number of likely N-dealkylation sites (N-methyl/N-ethyl adjacent to an activating group) is 1. The fourth-order valence-corrected chi connectivity index (χ4v) is 8.62. The topological polar surface area (TPSA) is 168 Å². The lowest BCUT2D eigenvalue weighted by Crippen LogP contribution is -2.42. The summed E-state index contributed by atoms with van der Waals surface area (Å²) in [5, 5.41) is 33.5. The summed E-state index contributed by atoms with van der Waals surface area (Å²) in [6, 6.07) is 32.1. The minimum Gasteiger partial charge on any atom is -0.542 e. The molecule has 16 heteroatoms. The maximum atomic E-state index is 12.2. The van der Waals surface area contributed by atoms with E-state index >= 15 is 0 Å². The molecule has 3 rings (SSSR count). The van der Waals surface area contributed by atoms with Crippen LogP contribution in [0.4, 0.5) is 26.3 Å². The summed E-state index contributed by atoms with van der Waals surface area (Å²) in [6.45, 7) is 0.617. The summed E-state index contributed by atoms with van der Waals surface area (Å²) in [5.74, 6) is -5.87. The number of aliphatic carboxylic acids is 2. The van der Waals surface area contributed by atoms with E-state index in [0.717, 1.165) is 19.0 Å². The van der Waals surface area contributed by atoms with Crippen molar-refractivity contribution in [3.63, 3.8) is 0 Å². The van der Waals surface area contributed by atoms with Gasteiger partial charge in [0.05, 0.1) is 12.2 Å². The van der Waals surface area contributed by atoms with E-state index in [0.29, 0.717) is 6.54 Å². The number of amides is 1. The molecular formula is C31H35F6N4O5P. The monoisotopic (exact) mass is 688 g/mol. The smallest absolute Gasteiger partial charge is 0.490 e. The van der Waals surface area contributed by atoms with E-state index in [1.165, 1.54) is 15.9 Å². The van der Waals surface area contributed by atoms with Gasteiger partial charge in [0.2, 0.25) is 5.91 Å². The number of carbonyl (C=O) groups excluding carboxylic acids is 2. The Morgan fingerprint density at radius 1 is 0.809 bits per heavy atom. The van der Waals surface area contributed by atoms with E-state index in [9.17, 15) is 31.1 Å². The van der Waals surface area contributed by atoms with E-state index in [1.54, 1.807) is 7.05 Å². The molecule has 0 aromatic heterocycles. The van der Waals surface area contributed by atoms with Crippen molar-refractivity contribution in [3.05, 3.63) is 91.0 Å². The number of hydrogen-bond acceptors (Lipinski definition) is 6. The van der Waals surface area contributed by atoms with Crippen LogP contribution in [-0.2, 0) is 14.4 Å². The van der Waals surface area contributed by atoms with E-state index < -0.39 is 37.6 Å². The van der Waals surface area contributed by atoms with Crippen molar-refractivity contribution in [1.82, 2.24) is 10.6 Å². The largest absolute Gasteiger partial charge is 0.542 e. The summed E-state index contributed by atoms with van der Waals surface area (Å²) in [6.07, 6.45) is -7.17. The van der Waals surface area contributed by atoms with Gasteiger partial charge in [-0.3, -0.25) is 10.2 Å². The van der Waals surface area contributed by atoms with Crippen LogP contribution in [0.1, 0.15) is 19.3 Å². The molecule has 1 atom stereocenters. The van der Waals surface area contributed by atoms with Gasteiger partial charge >= 0.3 is 18.3 Å². The summed E-state index contributed by atoms with van der Waals surface area (Å²) < 4.78 is 63.3. The molecule has 0 fully saturated rings. The Morgan fingerprint density at radius 3 is 1.45 bits per heavy atom. The van der Waals surface area contributed by atoms with Gasteiger partial charge in [-0.25, -0.2) is 4.79 Å². The second-order valence-corrected chi connectivity index (χ2v) is 13.3. The molecule has 9 nitrogen and oxygen atoms in total. The number of amidine groups is 1. The van der Waals surface area contributed by atoms with Crippen molar-refractivity contribution in [2.75, 3.05) is 19.8 Å². The van der Waals surface area contributed by atoms with E-state index in [2.05, 4.69) is 102 Å². The highest BCUT2D eigenvalue weighted by atomic mass is 31.2. The van der Waals surface area contributed by atoms with Crippen LogP contribution in [0.25, 0.3) is 0 Å². The SMILES string of the molecule is CNC(CC(=O)NCCCC[P+](c1ccccc1)(c1ccccc1)c1ccccc1)C(=N)N.O=C(O)C(F)(F)F.O=C([O-])C(F)(F)F. The summed E-state index contributed by atoms with van der Waals surface area (Å²) in [7, 11) is -0.117. The lowest BCUT2D eigenvalue weighted by atomic mass is 10.2. The zero-order valence-corrected chi connectivity index (χ0v) is 26.0. The maximum Gasteiger partial charge on any atom is 0.490 e. The zero-order valence-electron chi connectivity index (χ0n) is 25.1. The molecule has 3 aromatic rings. The quantitative estimate of drug-likeness (QED) is 0.0641. The van der Waals surface area contributed by atoms with Crippen LogP contribution in [0.2, 0.25) is 0 Å². The number of carboxylic acids is 2. The Hall–Kier alpha value is -4.49. The number of carboxylic acid groups (broad SMARTS) is 2. The van der Waals surface area contributed by atoms with Gasteiger partial charge in [-0.15, -0.1) is 0 Å². The fourth-order valence-electron chi connectivity index (χ4n) is 4.21. The molecule has 1 amide bonds. The molecule has 0 bridgehead atoms. The highest BCUT2D eigenvalue weighted by Crippen LogP contribution is 2.55. The number of rotatable bonds is 12. The number of nitrogens with one attached hydrogen (secondary N) is 3. The Bertz CT molecular complexity index is 1290. The molecule has 0 spiro atoms. The highest BCUT2D eigenvalue weighted by molar-refractivity contribution is 7.95. The van der Waals surface area contributed by atoms with Crippen molar-refractivity contribution >= 4 is 46.9 Å². The molecule has 6 N–H and O–H groups in total. The summed E-state index contributed by atoms with van der Waals surface area (Å²) in [5.41, 5.74) is 5.53. The number of hydrogen-bond donors (Lipinski definition) is 5. The number of unbranched alkanes of at least 4 members (excludes halogenated alkanes) is 1. The van der Waals surface area contributed by atoms with Crippen LogP contribution in [0.15, 0.2) is 91.0 Å². The van der Waals surface area contributed by atoms with Crippen molar-refractivity contribution in [2.24, 2.45) is 5.73 Å². The number of alkyl halides is 6. The molecule has 0 aliphatic rings. The molecule has 256 valence electrons. The zero-order chi connectivity index (χ0) is 35.7. The third-order valence-electron chi connectivity index (χ3n) is 6.42. The van der Waals surface area contributed by atoms with Crippen molar-refractivity contribution in [1.29, 1.82) is 5.41 Å². The van der Waals surface area contributed by atoms with Crippen LogP contribution in [0.5, 0.6) is 0 Å². The van der Waals surface area contributed by atoms with E-state index in [-0.39, 0.29) is 18.2 Å². The Kier molecular flexibility index (Phi) is 16.6. The third kappa shape index (κ3) is 13.8. The van der Waals surface area contributed by atoms with Gasteiger partial charge < -0.3 is 31.4 Å². The fraction of sp³-hybridized carbons (Fsp3) is 0.290. The first-order valence-corrected chi connectivity index (χ1v) is 15.8. The molecule has 0 aliphatic heterocycles. The molecule has 0 radical (unpaired) electrons. The Labute approximate surface area is 268 Å². The standard InChI is InChI=1S/C27H33N4OP.2C2HF3O2/c1-30-25(27(28)29)21-26(32)31-19-11-12-20-33(22-13-5-2-6-14-22,23-15-7-3-8-16-23)24-17-9-4-10-18-24;2*3-2(4,5)1(6)7/h2-10,13-18,25,30H,11-12,19-21H2,1H3,(H3-,28,29,31,32);2*(H,6,7). The first-order valence-electron chi connectivity index (χ1n) is 13.9. The molecule has 3 aromatic carbocycles. The van der Waals surface area contributed by atoms with Crippen molar-refractivity contribution in [2.45, 2.75) is 37.7 Å². The van der Waals surface area contributed by atoms with Gasteiger partial charge in [0, 0.05) is 13.0 Å². The summed E-state index contributed by atoms with van der Waals surface area (Å²) >= 11 is 0. The molecule has 0 aliphatic carbocycles. The second-order valence-electron chi connectivity index (χ2n) is 9.69. The minimum atomic E-state index is -5.19. The van der Waals surface area contributed by atoms with Gasteiger partial charge in [0.25, 0.3) is 0 Å². The van der Waals surface area contributed by atoms with E-state index in [4.69, 9.17) is 30.9 Å². The normalized spacial score (nSPS) is 11.9.